The maximum Gasteiger partial charge on any atom is 0.401 e. The fourth-order valence-corrected chi connectivity index (χ4v) is 2.12. The highest BCUT2D eigenvalue weighted by Crippen LogP contribution is 2.35. The SMILES string of the molecule is CC1(C)Cc2cc(CNCC(F)(F)F)ccc2O1. The fraction of sp³-hybridized carbons (Fsp3) is 0.538. The van der Waals surface area contributed by atoms with Crippen LogP contribution in [0.4, 0.5) is 13.2 Å². The Labute approximate surface area is 104 Å². The summed E-state index contributed by atoms with van der Waals surface area (Å²) in [6.07, 6.45) is -3.38. The van der Waals surface area contributed by atoms with Crippen LogP contribution in [-0.4, -0.2) is 18.3 Å². The number of halogens is 3. The minimum Gasteiger partial charge on any atom is -0.487 e. The van der Waals surface area contributed by atoms with Crippen molar-refractivity contribution in [1.82, 2.24) is 5.32 Å². The molecule has 1 heterocycles. The molecule has 0 unspecified atom stereocenters. The minimum atomic E-state index is -4.16. The summed E-state index contributed by atoms with van der Waals surface area (Å²) >= 11 is 0. The van der Waals surface area contributed by atoms with Crippen molar-refractivity contribution in [3.63, 3.8) is 0 Å². The molecule has 1 aromatic carbocycles. The van der Waals surface area contributed by atoms with E-state index in [9.17, 15) is 13.2 Å². The molecule has 0 saturated heterocycles. The van der Waals surface area contributed by atoms with E-state index in [4.69, 9.17) is 4.74 Å². The molecule has 0 radical (unpaired) electrons. The number of nitrogens with one attached hydrogen (secondary N) is 1. The Bertz CT molecular complexity index is 440. The number of rotatable bonds is 3. The average molecular weight is 259 g/mol. The molecule has 2 nitrogen and oxygen atoms in total. The zero-order valence-corrected chi connectivity index (χ0v) is 10.4. The molecule has 0 atom stereocenters. The van der Waals surface area contributed by atoms with Gasteiger partial charge in [-0.3, -0.25) is 0 Å². The van der Waals surface area contributed by atoms with Gasteiger partial charge in [-0.1, -0.05) is 12.1 Å². The zero-order chi connectivity index (χ0) is 13.4. The van der Waals surface area contributed by atoms with Gasteiger partial charge in [0.15, 0.2) is 0 Å². The summed E-state index contributed by atoms with van der Waals surface area (Å²) in [6, 6.07) is 5.53. The summed E-state index contributed by atoms with van der Waals surface area (Å²) < 4.78 is 41.7. The fourth-order valence-electron chi connectivity index (χ4n) is 2.12. The third-order valence-electron chi connectivity index (χ3n) is 2.78. The predicted molar refractivity (Wildman–Crippen MR) is 62.6 cm³/mol. The molecule has 0 bridgehead atoms. The van der Waals surface area contributed by atoms with Gasteiger partial charge in [-0.05, 0) is 31.0 Å². The summed E-state index contributed by atoms with van der Waals surface area (Å²) in [7, 11) is 0. The molecule has 0 fully saturated rings. The molecule has 1 aliphatic rings. The lowest BCUT2D eigenvalue weighted by Gasteiger charge is -2.16. The Hall–Kier alpha value is -1.23. The molecular formula is C13H16F3NO. The first-order valence-corrected chi connectivity index (χ1v) is 5.83. The van der Waals surface area contributed by atoms with Gasteiger partial charge in [0, 0.05) is 13.0 Å². The van der Waals surface area contributed by atoms with E-state index in [1.165, 1.54) is 0 Å². The van der Waals surface area contributed by atoms with Crippen LogP contribution in [0.25, 0.3) is 0 Å². The topological polar surface area (TPSA) is 21.3 Å². The predicted octanol–water partition coefficient (Wildman–Crippen LogP) is 3.05. The van der Waals surface area contributed by atoms with Gasteiger partial charge in [0.2, 0.25) is 0 Å². The van der Waals surface area contributed by atoms with E-state index in [0.717, 1.165) is 23.3 Å². The number of benzene rings is 1. The van der Waals surface area contributed by atoms with Crippen LogP contribution >= 0.6 is 0 Å². The Balaban J connectivity index is 1.97. The molecule has 1 N–H and O–H groups in total. The van der Waals surface area contributed by atoms with Crippen molar-refractivity contribution in [2.75, 3.05) is 6.54 Å². The van der Waals surface area contributed by atoms with Gasteiger partial charge in [-0.15, -0.1) is 0 Å². The average Bonchev–Trinajstić information content (AvgIpc) is 2.49. The highest BCUT2D eigenvalue weighted by molar-refractivity contribution is 5.41. The standard InChI is InChI=1S/C13H16F3NO/c1-12(2)6-10-5-9(3-4-11(10)18-12)7-17-8-13(14,15)16/h3-5,17H,6-8H2,1-2H3. The van der Waals surface area contributed by atoms with Gasteiger partial charge in [0.25, 0.3) is 0 Å². The third-order valence-corrected chi connectivity index (χ3v) is 2.78. The van der Waals surface area contributed by atoms with Crippen molar-refractivity contribution in [3.05, 3.63) is 29.3 Å². The lowest BCUT2D eigenvalue weighted by Crippen LogP contribution is -2.28. The Morgan fingerprint density at radius 2 is 2.06 bits per heavy atom. The smallest absolute Gasteiger partial charge is 0.401 e. The van der Waals surface area contributed by atoms with Gasteiger partial charge in [0.05, 0.1) is 6.54 Å². The Morgan fingerprint density at radius 3 is 2.72 bits per heavy atom. The molecule has 1 aromatic rings. The molecule has 5 heteroatoms. The van der Waals surface area contributed by atoms with Crippen molar-refractivity contribution in [1.29, 1.82) is 0 Å². The molecule has 0 aromatic heterocycles. The van der Waals surface area contributed by atoms with E-state index >= 15 is 0 Å². The quantitative estimate of drug-likeness (QED) is 0.900. The molecule has 0 aliphatic carbocycles. The third kappa shape index (κ3) is 3.38. The van der Waals surface area contributed by atoms with Crippen molar-refractivity contribution in [2.45, 2.75) is 38.6 Å². The van der Waals surface area contributed by atoms with Crippen molar-refractivity contribution >= 4 is 0 Å². The van der Waals surface area contributed by atoms with Gasteiger partial charge in [0.1, 0.15) is 11.4 Å². The lowest BCUT2D eigenvalue weighted by molar-refractivity contribution is -0.125. The number of hydrogen-bond acceptors (Lipinski definition) is 2. The van der Waals surface area contributed by atoms with Gasteiger partial charge >= 0.3 is 6.18 Å². The van der Waals surface area contributed by atoms with E-state index < -0.39 is 12.7 Å². The minimum absolute atomic E-state index is 0.215. The molecule has 1 aliphatic heterocycles. The molecule has 0 spiro atoms. The molecule has 100 valence electrons. The van der Waals surface area contributed by atoms with Crippen LogP contribution in [0.15, 0.2) is 18.2 Å². The Morgan fingerprint density at radius 1 is 1.33 bits per heavy atom. The van der Waals surface area contributed by atoms with E-state index in [0.29, 0.717) is 0 Å². The second-order valence-corrected chi connectivity index (χ2v) is 5.20. The molecule has 2 rings (SSSR count). The zero-order valence-electron chi connectivity index (χ0n) is 10.4. The van der Waals surface area contributed by atoms with Gasteiger partial charge in [-0.2, -0.15) is 13.2 Å². The maximum atomic E-state index is 12.0. The molecule has 0 amide bonds. The van der Waals surface area contributed by atoms with E-state index in [1.54, 1.807) is 6.07 Å². The number of alkyl halides is 3. The normalized spacial score (nSPS) is 17.4. The summed E-state index contributed by atoms with van der Waals surface area (Å²) in [5.74, 6) is 0.833. The maximum absolute atomic E-state index is 12.0. The van der Waals surface area contributed by atoms with Crippen LogP contribution in [0.3, 0.4) is 0 Å². The highest BCUT2D eigenvalue weighted by Gasteiger charge is 2.30. The summed E-state index contributed by atoms with van der Waals surface area (Å²) in [4.78, 5) is 0. The van der Waals surface area contributed by atoms with Crippen LogP contribution < -0.4 is 10.1 Å². The van der Waals surface area contributed by atoms with E-state index in [-0.39, 0.29) is 12.1 Å². The molecule has 18 heavy (non-hydrogen) atoms. The van der Waals surface area contributed by atoms with Crippen molar-refractivity contribution in [3.8, 4) is 5.75 Å². The van der Waals surface area contributed by atoms with Crippen LogP contribution in [0.1, 0.15) is 25.0 Å². The first-order chi connectivity index (χ1) is 8.25. The van der Waals surface area contributed by atoms with Crippen LogP contribution in [-0.2, 0) is 13.0 Å². The number of ether oxygens (including phenoxy) is 1. The van der Waals surface area contributed by atoms with Crippen molar-refractivity contribution < 1.29 is 17.9 Å². The van der Waals surface area contributed by atoms with E-state index in [1.807, 2.05) is 26.0 Å². The first kappa shape index (κ1) is 13.2. The molecular weight excluding hydrogens is 243 g/mol. The number of fused-ring (bicyclic) bond motifs is 1. The molecule has 0 saturated carbocycles. The van der Waals surface area contributed by atoms with Crippen LogP contribution in [0, 0.1) is 0 Å². The summed E-state index contributed by atoms with van der Waals surface area (Å²) in [5.41, 5.74) is 1.69. The van der Waals surface area contributed by atoms with E-state index in [2.05, 4.69) is 5.32 Å². The lowest BCUT2D eigenvalue weighted by atomic mass is 10.0. The summed E-state index contributed by atoms with van der Waals surface area (Å²) in [6.45, 7) is 3.24. The van der Waals surface area contributed by atoms with Crippen molar-refractivity contribution in [2.24, 2.45) is 0 Å². The first-order valence-electron chi connectivity index (χ1n) is 5.83. The van der Waals surface area contributed by atoms with Gasteiger partial charge in [-0.25, -0.2) is 0 Å². The van der Waals surface area contributed by atoms with Gasteiger partial charge < -0.3 is 10.1 Å². The Kier molecular flexibility index (Phi) is 3.27. The second kappa shape index (κ2) is 4.46. The van der Waals surface area contributed by atoms with Crippen LogP contribution in [0.2, 0.25) is 0 Å². The monoisotopic (exact) mass is 259 g/mol. The second-order valence-electron chi connectivity index (χ2n) is 5.20. The van der Waals surface area contributed by atoms with Crippen LogP contribution in [0.5, 0.6) is 5.75 Å². The number of hydrogen-bond donors (Lipinski definition) is 1. The highest BCUT2D eigenvalue weighted by atomic mass is 19.4. The largest absolute Gasteiger partial charge is 0.487 e. The summed E-state index contributed by atoms with van der Waals surface area (Å²) in [5, 5.41) is 2.39.